The van der Waals surface area contributed by atoms with Crippen molar-refractivity contribution >= 4 is 5.78 Å². The Labute approximate surface area is 96.1 Å². The van der Waals surface area contributed by atoms with Gasteiger partial charge < -0.3 is 5.32 Å². The number of ketones is 1. The topological polar surface area (TPSA) is 29.1 Å². The molecular weight excluding hydrogens is 198 g/mol. The van der Waals surface area contributed by atoms with Crippen molar-refractivity contribution in [2.24, 2.45) is 0 Å². The predicted octanol–water partition coefficient (Wildman–Crippen LogP) is 3.15. The van der Waals surface area contributed by atoms with Crippen molar-refractivity contribution in [2.75, 3.05) is 0 Å². The lowest BCUT2D eigenvalue weighted by Crippen LogP contribution is -2.06. The van der Waals surface area contributed by atoms with Crippen LogP contribution >= 0.6 is 0 Å². The summed E-state index contributed by atoms with van der Waals surface area (Å²) in [7, 11) is 0. The van der Waals surface area contributed by atoms with E-state index in [2.05, 4.69) is 24.4 Å². The maximum Gasteiger partial charge on any atom is 0.162 e. The number of hydrogen-bond acceptors (Lipinski definition) is 2. The van der Waals surface area contributed by atoms with Crippen molar-refractivity contribution in [3.8, 4) is 0 Å². The predicted molar refractivity (Wildman–Crippen MR) is 63.5 cm³/mol. The van der Waals surface area contributed by atoms with Crippen LogP contribution in [0.25, 0.3) is 0 Å². The van der Waals surface area contributed by atoms with Gasteiger partial charge in [0.05, 0.1) is 0 Å². The van der Waals surface area contributed by atoms with E-state index in [1.165, 1.54) is 24.0 Å². The number of hydrogen-bond donors (Lipinski definition) is 1. The Hall–Kier alpha value is -1.15. The van der Waals surface area contributed by atoms with Gasteiger partial charge in [-0.15, -0.1) is 0 Å². The Bertz CT molecular complexity index is 438. The highest BCUT2D eigenvalue weighted by atomic mass is 16.1. The van der Waals surface area contributed by atoms with Crippen molar-refractivity contribution in [3.63, 3.8) is 0 Å². The summed E-state index contributed by atoms with van der Waals surface area (Å²) >= 11 is 0. The van der Waals surface area contributed by atoms with E-state index in [4.69, 9.17) is 0 Å². The largest absolute Gasteiger partial charge is 0.303 e. The molecule has 2 nitrogen and oxygen atoms in total. The fourth-order valence-electron chi connectivity index (χ4n) is 2.97. The third kappa shape index (κ3) is 1.40. The van der Waals surface area contributed by atoms with Gasteiger partial charge in [0.2, 0.25) is 0 Å². The lowest BCUT2D eigenvalue weighted by molar-refractivity contribution is 0.0981. The van der Waals surface area contributed by atoms with Gasteiger partial charge >= 0.3 is 0 Å². The molecule has 2 bridgehead atoms. The number of Topliss-reactive ketones (excluding diaryl/α,β-unsaturated/α-hetero) is 1. The van der Waals surface area contributed by atoms with E-state index in [-0.39, 0.29) is 5.78 Å². The monoisotopic (exact) mass is 215 g/mol. The number of fused-ring (bicyclic) bond motifs is 5. The molecule has 1 fully saturated rings. The van der Waals surface area contributed by atoms with Crippen LogP contribution in [0.1, 0.15) is 66.2 Å². The minimum atomic E-state index is 0.285. The van der Waals surface area contributed by atoms with E-state index in [1.807, 2.05) is 6.07 Å². The summed E-state index contributed by atoms with van der Waals surface area (Å²) in [6.07, 6.45) is 4.07. The summed E-state index contributed by atoms with van der Waals surface area (Å²) in [6.45, 7) is 2.05. The molecule has 84 valence electrons. The lowest BCUT2D eigenvalue weighted by atomic mass is 9.89. The molecule has 0 spiro atoms. The molecule has 0 aliphatic carbocycles. The summed E-state index contributed by atoms with van der Waals surface area (Å²) in [5.74, 6) is 0.285. The molecule has 0 radical (unpaired) electrons. The molecule has 1 saturated heterocycles. The second kappa shape index (κ2) is 3.70. The molecule has 2 heterocycles. The lowest BCUT2D eigenvalue weighted by Gasteiger charge is -2.13. The van der Waals surface area contributed by atoms with Gasteiger partial charge in [0, 0.05) is 24.1 Å². The number of rotatable bonds is 3. The first-order valence-electron chi connectivity index (χ1n) is 6.22. The second-order valence-corrected chi connectivity index (χ2v) is 4.87. The van der Waals surface area contributed by atoms with Crippen molar-refractivity contribution in [2.45, 2.75) is 44.7 Å². The van der Waals surface area contributed by atoms with Gasteiger partial charge in [-0.1, -0.05) is 19.1 Å². The fourth-order valence-corrected chi connectivity index (χ4v) is 2.97. The molecule has 0 amide bonds. The van der Waals surface area contributed by atoms with Crippen LogP contribution < -0.4 is 5.32 Å². The molecular formula is C14H17NO. The zero-order valence-corrected chi connectivity index (χ0v) is 9.62. The second-order valence-electron chi connectivity index (χ2n) is 4.87. The third-order valence-electron chi connectivity index (χ3n) is 3.78. The summed E-state index contributed by atoms with van der Waals surface area (Å²) in [6, 6.07) is 7.32. The molecule has 2 aliphatic heterocycles. The highest BCUT2D eigenvalue weighted by Crippen LogP contribution is 2.45. The maximum absolute atomic E-state index is 11.8. The van der Waals surface area contributed by atoms with E-state index in [1.54, 1.807) is 0 Å². The minimum absolute atomic E-state index is 0.285. The molecule has 1 N–H and O–H groups in total. The number of carbonyl (C=O) groups excluding carboxylic acids is 1. The first-order valence-corrected chi connectivity index (χ1v) is 6.22. The smallest absolute Gasteiger partial charge is 0.162 e. The highest BCUT2D eigenvalue weighted by molar-refractivity contribution is 5.96. The van der Waals surface area contributed by atoms with Crippen LogP contribution in [0.3, 0.4) is 0 Å². The molecule has 2 atom stereocenters. The van der Waals surface area contributed by atoms with Gasteiger partial charge in [-0.25, -0.2) is 0 Å². The van der Waals surface area contributed by atoms with E-state index in [9.17, 15) is 4.79 Å². The summed E-state index contributed by atoms with van der Waals surface area (Å²) in [4.78, 5) is 11.8. The Balaban J connectivity index is 1.95. The van der Waals surface area contributed by atoms with E-state index in [0.29, 0.717) is 18.5 Å². The van der Waals surface area contributed by atoms with Crippen LogP contribution in [0.15, 0.2) is 18.2 Å². The minimum Gasteiger partial charge on any atom is -0.303 e. The van der Waals surface area contributed by atoms with E-state index < -0.39 is 0 Å². The number of nitrogens with one attached hydrogen (secondary N) is 1. The Morgan fingerprint density at radius 3 is 2.81 bits per heavy atom. The summed E-state index contributed by atoms with van der Waals surface area (Å²) in [5, 5.41) is 3.58. The highest BCUT2D eigenvalue weighted by Gasteiger charge is 2.36. The van der Waals surface area contributed by atoms with Crippen molar-refractivity contribution in [1.29, 1.82) is 0 Å². The fraction of sp³-hybridized carbons (Fsp3) is 0.500. The van der Waals surface area contributed by atoms with Crippen molar-refractivity contribution < 1.29 is 4.79 Å². The van der Waals surface area contributed by atoms with Crippen LogP contribution in [0, 0.1) is 0 Å². The molecule has 0 saturated carbocycles. The van der Waals surface area contributed by atoms with Gasteiger partial charge in [-0.05, 0) is 36.5 Å². The zero-order chi connectivity index (χ0) is 11.1. The van der Waals surface area contributed by atoms with Gasteiger partial charge in [0.1, 0.15) is 0 Å². The van der Waals surface area contributed by atoms with Crippen LogP contribution in [-0.4, -0.2) is 5.78 Å². The Morgan fingerprint density at radius 2 is 2.06 bits per heavy atom. The molecule has 2 unspecified atom stereocenters. The third-order valence-corrected chi connectivity index (χ3v) is 3.78. The van der Waals surface area contributed by atoms with Crippen LogP contribution in [-0.2, 0) is 0 Å². The van der Waals surface area contributed by atoms with Gasteiger partial charge in [0.25, 0.3) is 0 Å². The quantitative estimate of drug-likeness (QED) is 0.785. The van der Waals surface area contributed by atoms with Crippen molar-refractivity contribution in [1.82, 2.24) is 5.32 Å². The van der Waals surface area contributed by atoms with E-state index in [0.717, 1.165) is 12.0 Å². The zero-order valence-electron chi connectivity index (χ0n) is 9.62. The average Bonchev–Trinajstić information content (AvgIpc) is 2.90. The maximum atomic E-state index is 11.8. The molecule has 0 aromatic heterocycles. The first kappa shape index (κ1) is 10.0. The Morgan fingerprint density at radius 1 is 1.31 bits per heavy atom. The normalized spacial score (nSPS) is 25.8. The van der Waals surface area contributed by atoms with Crippen molar-refractivity contribution in [3.05, 3.63) is 34.9 Å². The Kier molecular flexibility index (Phi) is 2.32. The molecule has 2 heteroatoms. The molecule has 1 aromatic carbocycles. The first-order chi connectivity index (χ1) is 7.79. The number of carbonyl (C=O) groups is 1. The van der Waals surface area contributed by atoms with E-state index >= 15 is 0 Å². The molecule has 3 rings (SSSR count). The van der Waals surface area contributed by atoms with Gasteiger partial charge in [-0.2, -0.15) is 0 Å². The number of benzene rings is 1. The molecule has 2 aliphatic rings. The standard InChI is InChI=1S/C14H17NO/c1-2-3-14(16)9-4-5-10-11(8-9)13-7-6-12(10)15-13/h4-5,8,12-13,15H,2-3,6-7H2,1H3. The average molecular weight is 215 g/mol. The molecule has 16 heavy (non-hydrogen) atoms. The molecule has 1 aromatic rings. The van der Waals surface area contributed by atoms with Gasteiger partial charge in [0.15, 0.2) is 5.78 Å². The van der Waals surface area contributed by atoms with Crippen LogP contribution in [0.2, 0.25) is 0 Å². The van der Waals surface area contributed by atoms with Crippen LogP contribution in [0.5, 0.6) is 0 Å². The van der Waals surface area contributed by atoms with Gasteiger partial charge in [-0.3, -0.25) is 4.79 Å². The summed E-state index contributed by atoms with van der Waals surface area (Å²) < 4.78 is 0. The summed E-state index contributed by atoms with van der Waals surface area (Å²) in [5.41, 5.74) is 3.69. The van der Waals surface area contributed by atoms with Crippen LogP contribution in [0.4, 0.5) is 0 Å². The SMILES string of the molecule is CCCC(=O)c1ccc2c(c1)C1CCC2N1.